The van der Waals surface area contributed by atoms with Gasteiger partial charge in [-0.15, -0.1) is 0 Å². The van der Waals surface area contributed by atoms with Gasteiger partial charge in [0.05, 0.1) is 15.6 Å². The molecule has 0 atom stereocenters. The van der Waals surface area contributed by atoms with Crippen LogP contribution in [-0.4, -0.2) is 33.1 Å². The van der Waals surface area contributed by atoms with Gasteiger partial charge in [-0.2, -0.15) is 0 Å². The predicted molar refractivity (Wildman–Crippen MR) is 123 cm³/mol. The minimum Gasteiger partial charge on any atom is -0.323 e. The Kier molecular flexibility index (Phi) is 5.97. The molecule has 0 bridgehead atoms. The van der Waals surface area contributed by atoms with Crippen LogP contribution in [0.3, 0.4) is 0 Å². The van der Waals surface area contributed by atoms with E-state index in [4.69, 9.17) is 11.6 Å². The van der Waals surface area contributed by atoms with E-state index in [1.807, 2.05) is 54.1 Å². The number of thioether (sulfide) groups is 1. The lowest BCUT2D eigenvalue weighted by molar-refractivity contribution is -0.127. The normalized spacial score (nSPS) is 15.0. The average molecular weight is 452 g/mol. The number of hydrogen-bond acceptors (Lipinski definition) is 4. The zero-order valence-electron chi connectivity index (χ0n) is 16.5. The van der Waals surface area contributed by atoms with Crippen LogP contribution in [0.1, 0.15) is 11.3 Å². The van der Waals surface area contributed by atoms with Gasteiger partial charge in [-0.25, -0.2) is 0 Å². The molecule has 31 heavy (non-hydrogen) atoms. The molecule has 1 aliphatic heterocycles. The van der Waals surface area contributed by atoms with Gasteiger partial charge in [0.1, 0.15) is 6.54 Å². The molecule has 2 aromatic carbocycles. The maximum atomic E-state index is 12.8. The number of para-hydroxylation sites is 1. The number of nitrogens with zero attached hydrogens (tertiary/aromatic N) is 2. The SMILES string of the molecule is Cc1cccc(-n2cccc2/C=C2/SC(=O)N(CC(=O)Nc3ccccc3Cl)C2=O)c1. The molecule has 0 saturated carbocycles. The van der Waals surface area contributed by atoms with Gasteiger partial charge in [-0.05, 0) is 66.7 Å². The van der Waals surface area contributed by atoms with E-state index < -0.39 is 17.1 Å². The second kappa shape index (κ2) is 8.83. The summed E-state index contributed by atoms with van der Waals surface area (Å²) in [5, 5.41) is 2.51. The number of imide groups is 1. The van der Waals surface area contributed by atoms with Crippen LogP contribution in [0.4, 0.5) is 10.5 Å². The first-order valence-corrected chi connectivity index (χ1v) is 10.7. The highest BCUT2D eigenvalue weighted by atomic mass is 35.5. The second-order valence-electron chi connectivity index (χ2n) is 6.94. The number of aromatic nitrogens is 1. The summed E-state index contributed by atoms with van der Waals surface area (Å²) in [7, 11) is 0. The molecule has 8 heteroatoms. The Bertz CT molecular complexity index is 1220. The van der Waals surface area contributed by atoms with E-state index in [0.717, 1.165) is 33.6 Å². The third kappa shape index (κ3) is 4.57. The average Bonchev–Trinajstić information content (AvgIpc) is 3.30. The molecule has 1 fully saturated rings. The van der Waals surface area contributed by atoms with Crippen LogP contribution < -0.4 is 5.32 Å². The van der Waals surface area contributed by atoms with Crippen LogP contribution in [0.5, 0.6) is 0 Å². The van der Waals surface area contributed by atoms with Crippen molar-refractivity contribution < 1.29 is 14.4 Å². The Hall–Kier alpha value is -3.29. The van der Waals surface area contributed by atoms with Crippen LogP contribution in [-0.2, 0) is 9.59 Å². The lowest BCUT2D eigenvalue weighted by atomic mass is 10.2. The molecule has 0 spiro atoms. The highest BCUT2D eigenvalue weighted by Gasteiger charge is 2.36. The summed E-state index contributed by atoms with van der Waals surface area (Å²) in [6.07, 6.45) is 3.56. The number of nitrogens with one attached hydrogen (secondary N) is 1. The molecule has 0 unspecified atom stereocenters. The molecule has 1 aromatic heterocycles. The highest BCUT2D eigenvalue weighted by Crippen LogP contribution is 2.32. The van der Waals surface area contributed by atoms with Crippen LogP contribution in [0, 0.1) is 6.92 Å². The second-order valence-corrected chi connectivity index (χ2v) is 8.34. The third-order valence-corrected chi connectivity index (χ3v) is 5.90. The Labute approximate surface area is 188 Å². The zero-order chi connectivity index (χ0) is 22.0. The van der Waals surface area contributed by atoms with Crippen molar-refractivity contribution in [1.82, 2.24) is 9.47 Å². The van der Waals surface area contributed by atoms with Crippen LogP contribution >= 0.6 is 23.4 Å². The van der Waals surface area contributed by atoms with Crippen molar-refractivity contribution in [2.45, 2.75) is 6.92 Å². The summed E-state index contributed by atoms with van der Waals surface area (Å²) in [6, 6.07) is 18.5. The van der Waals surface area contributed by atoms with E-state index in [-0.39, 0.29) is 11.4 Å². The number of carbonyl (C=O) groups is 3. The first-order valence-electron chi connectivity index (χ1n) is 9.46. The summed E-state index contributed by atoms with van der Waals surface area (Å²) in [5.41, 5.74) is 3.25. The largest absolute Gasteiger partial charge is 0.323 e. The van der Waals surface area contributed by atoms with Gasteiger partial charge >= 0.3 is 0 Å². The number of aryl methyl sites for hydroxylation is 1. The molecule has 1 aliphatic rings. The monoisotopic (exact) mass is 451 g/mol. The summed E-state index contributed by atoms with van der Waals surface area (Å²) < 4.78 is 1.94. The standard InChI is InChI=1S/C23H18ClN3O3S/c1-15-6-4-7-16(12-15)26-11-5-8-17(26)13-20-22(29)27(23(30)31-20)14-21(28)25-19-10-3-2-9-18(19)24/h2-13H,14H2,1H3,(H,25,28)/b20-13+. The summed E-state index contributed by atoms with van der Waals surface area (Å²) in [4.78, 5) is 38.7. The van der Waals surface area contributed by atoms with E-state index >= 15 is 0 Å². The summed E-state index contributed by atoms with van der Waals surface area (Å²) in [6.45, 7) is 1.62. The van der Waals surface area contributed by atoms with Crippen molar-refractivity contribution in [2.24, 2.45) is 0 Å². The zero-order valence-corrected chi connectivity index (χ0v) is 18.1. The first-order chi connectivity index (χ1) is 14.9. The number of anilines is 1. The van der Waals surface area contributed by atoms with Gasteiger partial charge in [0, 0.05) is 17.6 Å². The van der Waals surface area contributed by atoms with Crippen molar-refractivity contribution in [3.8, 4) is 5.69 Å². The molecule has 1 N–H and O–H groups in total. The van der Waals surface area contributed by atoms with Gasteiger partial charge in [-0.3, -0.25) is 19.3 Å². The number of carbonyl (C=O) groups excluding carboxylic acids is 3. The molecule has 3 amide bonds. The van der Waals surface area contributed by atoms with Crippen molar-refractivity contribution in [1.29, 1.82) is 0 Å². The fourth-order valence-electron chi connectivity index (χ4n) is 3.19. The molecule has 156 valence electrons. The van der Waals surface area contributed by atoms with Crippen molar-refractivity contribution in [3.05, 3.63) is 88.0 Å². The maximum absolute atomic E-state index is 12.8. The Morgan fingerprint density at radius 3 is 2.68 bits per heavy atom. The molecular weight excluding hydrogens is 434 g/mol. The summed E-state index contributed by atoms with van der Waals surface area (Å²) in [5.74, 6) is -0.999. The van der Waals surface area contributed by atoms with Crippen LogP contribution in [0.2, 0.25) is 5.02 Å². The minimum absolute atomic E-state index is 0.267. The fourth-order valence-corrected chi connectivity index (χ4v) is 4.20. The molecule has 0 aliphatic carbocycles. The molecule has 3 aromatic rings. The Morgan fingerprint density at radius 2 is 1.90 bits per heavy atom. The van der Waals surface area contributed by atoms with E-state index in [1.165, 1.54) is 0 Å². The molecular formula is C23H18ClN3O3S. The minimum atomic E-state index is -0.500. The van der Waals surface area contributed by atoms with E-state index in [1.54, 1.807) is 30.3 Å². The molecule has 2 heterocycles. The smallest absolute Gasteiger partial charge is 0.294 e. The Balaban J connectivity index is 1.51. The van der Waals surface area contributed by atoms with Crippen molar-refractivity contribution >= 4 is 52.2 Å². The maximum Gasteiger partial charge on any atom is 0.294 e. The van der Waals surface area contributed by atoms with E-state index in [2.05, 4.69) is 5.32 Å². The highest BCUT2D eigenvalue weighted by molar-refractivity contribution is 8.18. The third-order valence-electron chi connectivity index (χ3n) is 4.66. The number of benzene rings is 2. The quantitative estimate of drug-likeness (QED) is 0.547. The summed E-state index contributed by atoms with van der Waals surface area (Å²) >= 11 is 6.86. The number of halogens is 1. The fraction of sp³-hybridized carbons (Fsp3) is 0.0870. The number of rotatable bonds is 5. The lowest BCUT2D eigenvalue weighted by Crippen LogP contribution is -2.36. The van der Waals surface area contributed by atoms with Crippen molar-refractivity contribution in [2.75, 3.05) is 11.9 Å². The van der Waals surface area contributed by atoms with Crippen LogP contribution in [0.25, 0.3) is 11.8 Å². The van der Waals surface area contributed by atoms with Gasteiger partial charge in [-0.1, -0.05) is 35.9 Å². The van der Waals surface area contributed by atoms with Gasteiger partial charge in [0.25, 0.3) is 11.1 Å². The number of amides is 3. The molecule has 4 rings (SSSR count). The van der Waals surface area contributed by atoms with Gasteiger partial charge < -0.3 is 9.88 Å². The topological polar surface area (TPSA) is 71.4 Å². The lowest BCUT2D eigenvalue weighted by Gasteiger charge is -2.13. The van der Waals surface area contributed by atoms with Crippen molar-refractivity contribution in [3.63, 3.8) is 0 Å². The van der Waals surface area contributed by atoms with Crippen LogP contribution in [0.15, 0.2) is 71.8 Å². The molecule has 0 radical (unpaired) electrons. The van der Waals surface area contributed by atoms with E-state index in [0.29, 0.717) is 10.7 Å². The predicted octanol–water partition coefficient (Wildman–Crippen LogP) is 5.11. The molecule has 6 nitrogen and oxygen atoms in total. The molecule has 1 saturated heterocycles. The van der Waals surface area contributed by atoms with Gasteiger partial charge in [0.15, 0.2) is 0 Å². The van der Waals surface area contributed by atoms with E-state index in [9.17, 15) is 14.4 Å². The first kappa shape index (κ1) is 21.0. The van der Waals surface area contributed by atoms with Gasteiger partial charge in [0.2, 0.25) is 5.91 Å². The Morgan fingerprint density at radius 1 is 1.10 bits per heavy atom. The number of hydrogen-bond donors (Lipinski definition) is 1.